The number of hydrogen-bond acceptors (Lipinski definition) is 4. The van der Waals surface area contributed by atoms with E-state index >= 15 is 0 Å². The maximum Gasteiger partial charge on any atom is 0.255 e. The molecule has 2 atom stereocenters. The summed E-state index contributed by atoms with van der Waals surface area (Å²) in [4.78, 5) is 24.9. The number of aliphatic hydroxyl groups excluding tert-OH is 1. The largest absolute Gasteiger partial charge is 0.396 e. The standard InChI is InChI=1S/C12H22N2O4/c1-8(2)7-9(10(13)16)14-5-3-12(18,4-6-15)11(14)17/h8-9,15,18H,3-7H2,1-2H3,(H2,13,16). The van der Waals surface area contributed by atoms with Crippen molar-refractivity contribution in [2.75, 3.05) is 13.2 Å². The maximum atomic E-state index is 12.1. The normalized spacial score (nSPS) is 25.8. The minimum Gasteiger partial charge on any atom is -0.396 e. The Hall–Kier alpha value is -1.14. The van der Waals surface area contributed by atoms with Crippen LogP contribution in [0.3, 0.4) is 0 Å². The Labute approximate surface area is 107 Å². The molecule has 0 saturated carbocycles. The number of hydrogen-bond donors (Lipinski definition) is 3. The van der Waals surface area contributed by atoms with E-state index in [2.05, 4.69) is 0 Å². The molecule has 0 aromatic heterocycles. The van der Waals surface area contributed by atoms with Gasteiger partial charge >= 0.3 is 0 Å². The highest BCUT2D eigenvalue weighted by atomic mass is 16.3. The molecule has 0 bridgehead atoms. The maximum absolute atomic E-state index is 12.1. The second-order valence-corrected chi connectivity index (χ2v) is 5.30. The molecule has 1 rings (SSSR count). The third kappa shape index (κ3) is 3.00. The smallest absolute Gasteiger partial charge is 0.255 e. The molecular weight excluding hydrogens is 236 g/mol. The lowest BCUT2D eigenvalue weighted by atomic mass is 9.98. The highest BCUT2D eigenvalue weighted by molar-refractivity contribution is 5.92. The van der Waals surface area contributed by atoms with E-state index in [0.29, 0.717) is 13.0 Å². The number of rotatable bonds is 6. The van der Waals surface area contributed by atoms with Crippen LogP contribution in [0.15, 0.2) is 0 Å². The number of amides is 2. The molecule has 2 unspecified atom stereocenters. The number of primary amides is 1. The van der Waals surface area contributed by atoms with E-state index in [0.717, 1.165) is 0 Å². The molecule has 6 nitrogen and oxygen atoms in total. The number of likely N-dealkylation sites (tertiary alicyclic amines) is 1. The third-order valence-electron chi connectivity index (χ3n) is 3.35. The highest BCUT2D eigenvalue weighted by Gasteiger charge is 2.47. The molecular formula is C12H22N2O4. The summed E-state index contributed by atoms with van der Waals surface area (Å²) in [6.45, 7) is 3.92. The van der Waals surface area contributed by atoms with Crippen molar-refractivity contribution in [1.82, 2.24) is 4.90 Å². The zero-order chi connectivity index (χ0) is 13.9. The van der Waals surface area contributed by atoms with Crippen molar-refractivity contribution in [3.63, 3.8) is 0 Å². The van der Waals surface area contributed by atoms with Gasteiger partial charge in [-0.1, -0.05) is 13.8 Å². The van der Waals surface area contributed by atoms with E-state index in [1.807, 2.05) is 13.8 Å². The van der Waals surface area contributed by atoms with Crippen LogP contribution >= 0.6 is 0 Å². The van der Waals surface area contributed by atoms with Crippen molar-refractivity contribution >= 4 is 11.8 Å². The first kappa shape index (κ1) is 14.9. The van der Waals surface area contributed by atoms with Crippen LogP contribution in [0, 0.1) is 5.92 Å². The van der Waals surface area contributed by atoms with Gasteiger partial charge in [0, 0.05) is 26.0 Å². The lowest BCUT2D eigenvalue weighted by molar-refractivity contribution is -0.149. The molecule has 0 radical (unpaired) electrons. The summed E-state index contributed by atoms with van der Waals surface area (Å²) in [5, 5.41) is 19.0. The quantitative estimate of drug-likeness (QED) is 0.582. The summed E-state index contributed by atoms with van der Waals surface area (Å²) < 4.78 is 0. The summed E-state index contributed by atoms with van der Waals surface area (Å²) in [6.07, 6.45) is 0.708. The lowest BCUT2D eigenvalue weighted by Gasteiger charge is -2.28. The van der Waals surface area contributed by atoms with Gasteiger partial charge in [0.1, 0.15) is 11.6 Å². The summed E-state index contributed by atoms with van der Waals surface area (Å²) in [7, 11) is 0. The number of carbonyl (C=O) groups is 2. The Morgan fingerprint density at radius 1 is 1.56 bits per heavy atom. The molecule has 2 amide bonds. The number of aliphatic hydroxyl groups is 2. The first-order chi connectivity index (χ1) is 8.31. The second-order valence-electron chi connectivity index (χ2n) is 5.30. The molecule has 0 aromatic rings. The number of nitrogens with zero attached hydrogens (tertiary/aromatic N) is 1. The highest BCUT2D eigenvalue weighted by Crippen LogP contribution is 2.29. The van der Waals surface area contributed by atoms with Crippen LogP contribution in [0.5, 0.6) is 0 Å². The Balaban J connectivity index is 2.83. The first-order valence-electron chi connectivity index (χ1n) is 6.25. The summed E-state index contributed by atoms with van der Waals surface area (Å²) in [5.74, 6) is -0.826. The van der Waals surface area contributed by atoms with Gasteiger partial charge in [-0.3, -0.25) is 9.59 Å². The van der Waals surface area contributed by atoms with Crippen LogP contribution in [-0.4, -0.2) is 51.7 Å². The van der Waals surface area contributed by atoms with E-state index in [-0.39, 0.29) is 25.4 Å². The van der Waals surface area contributed by atoms with Gasteiger partial charge in [-0.2, -0.15) is 0 Å². The molecule has 1 aliphatic rings. The molecule has 1 fully saturated rings. The van der Waals surface area contributed by atoms with Crippen LogP contribution in [-0.2, 0) is 9.59 Å². The summed E-state index contributed by atoms with van der Waals surface area (Å²) in [6, 6.07) is -0.676. The molecule has 6 heteroatoms. The molecule has 1 aliphatic heterocycles. The molecule has 1 heterocycles. The average molecular weight is 258 g/mol. The van der Waals surface area contributed by atoms with Gasteiger partial charge in [-0.15, -0.1) is 0 Å². The third-order valence-corrected chi connectivity index (χ3v) is 3.35. The summed E-state index contributed by atoms with van der Waals surface area (Å²) in [5.41, 5.74) is 3.78. The van der Waals surface area contributed by atoms with Crippen LogP contribution in [0.4, 0.5) is 0 Å². The Kier molecular flexibility index (Phi) is 4.70. The van der Waals surface area contributed by atoms with Crippen LogP contribution < -0.4 is 5.73 Å². The minimum absolute atomic E-state index is 0.00447. The molecule has 0 spiro atoms. The topological polar surface area (TPSA) is 104 Å². The van der Waals surface area contributed by atoms with Crippen molar-refractivity contribution in [3.8, 4) is 0 Å². The Bertz CT molecular complexity index is 332. The van der Waals surface area contributed by atoms with Gasteiger partial charge < -0.3 is 20.8 Å². The fourth-order valence-electron chi connectivity index (χ4n) is 2.34. The number of nitrogens with two attached hydrogens (primary N) is 1. The van der Waals surface area contributed by atoms with Gasteiger partial charge in [0.25, 0.3) is 5.91 Å². The van der Waals surface area contributed by atoms with Gasteiger partial charge in [0.2, 0.25) is 5.91 Å². The second kappa shape index (κ2) is 5.67. The molecule has 18 heavy (non-hydrogen) atoms. The van der Waals surface area contributed by atoms with Gasteiger partial charge in [0.15, 0.2) is 0 Å². The monoisotopic (exact) mass is 258 g/mol. The zero-order valence-corrected chi connectivity index (χ0v) is 10.9. The Morgan fingerprint density at radius 3 is 2.61 bits per heavy atom. The van der Waals surface area contributed by atoms with E-state index in [1.54, 1.807) is 0 Å². The predicted molar refractivity (Wildman–Crippen MR) is 65.4 cm³/mol. The SMILES string of the molecule is CC(C)CC(C(N)=O)N1CCC(O)(CCO)C1=O. The van der Waals surface area contributed by atoms with E-state index in [1.165, 1.54) is 4.90 Å². The zero-order valence-electron chi connectivity index (χ0n) is 10.9. The van der Waals surface area contributed by atoms with E-state index in [4.69, 9.17) is 10.8 Å². The van der Waals surface area contributed by atoms with Crippen LogP contribution in [0.1, 0.15) is 33.1 Å². The first-order valence-corrected chi connectivity index (χ1v) is 6.25. The van der Waals surface area contributed by atoms with Crippen molar-refractivity contribution in [2.45, 2.75) is 44.8 Å². The average Bonchev–Trinajstić information content (AvgIpc) is 2.53. The van der Waals surface area contributed by atoms with Crippen molar-refractivity contribution in [2.24, 2.45) is 11.7 Å². The molecule has 4 N–H and O–H groups in total. The number of carbonyl (C=O) groups excluding carboxylic acids is 2. The fraction of sp³-hybridized carbons (Fsp3) is 0.833. The van der Waals surface area contributed by atoms with E-state index in [9.17, 15) is 14.7 Å². The molecule has 0 aliphatic carbocycles. The summed E-state index contributed by atoms with van der Waals surface area (Å²) >= 11 is 0. The van der Waals surface area contributed by atoms with Crippen LogP contribution in [0.25, 0.3) is 0 Å². The lowest BCUT2D eigenvalue weighted by Crippen LogP contribution is -2.50. The van der Waals surface area contributed by atoms with Gasteiger partial charge in [-0.25, -0.2) is 0 Å². The predicted octanol–water partition coefficient (Wildman–Crippen LogP) is -0.768. The molecule has 104 valence electrons. The minimum atomic E-state index is -1.54. The van der Waals surface area contributed by atoms with Crippen molar-refractivity contribution in [3.05, 3.63) is 0 Å². The molecule has 1 saturated heterocycles. The fourth-order valence-corrected chi connectivity index (χ4v) is 2.34. The molecule has 0 aromatic carbocycles. The van der Waals surface area contributed by atoms with Crippen molar-refractivity contribution in [1.29, 1.82) is 0 Å². The van der Waals surface area contributed by atoms with Gasteiger partial charge in [-0.05, 0) is 12.3 Å². The Morgan fingerprint density at radius 2 is 2.17 bits per heavy atom. The van der Waals surface area contributed by atoms with E-state index < -0.39 is 23.5 Å². The van der Waals surface area contributed by atoms with Crippen molar-refractivity contribution < 1.29 is 19.8 Å². The van der Waals surface area contributed by atoms with Gasteiger partial charge in [0.05, 0.1) is 0 Å². The van der Waals surface area contributed by atoms with Crippen LogP contribution in [0.2, 0.25) is 0 Å².